The lowest BCUT2D eigenvalue weighted by atomic mass is 10.1. The summed E-state index contributed by atoms with van der Waals surface area (Å²) in [6, 6.07) is 9.41. The highest BCUT2D eigenvalue weighted by Gasteiger charge is 2.13. The first-order valence-corrected chi connectivity index (χ1v) is 5.87. The average Bonchev–Trinajstić information content (AvgIpc) is 2.41. The van der Waals surface area contributed by atoms with Crippen LogP contribution in [0, 0.1) is 0 Å². The Morgan fingerprint density at radius 1 is 1.28 bits per heavy atom. The van der Waals surface area contributed by atoms with E-state index in [2.05, 4.69) is 4.98 Å². The molecule has 0 saturated heterocycles. The Labute approximate surface area is 105 Å². The SMILES string of the molecule is CCCOc1c(-c2ccccc2)[nH]cc(O)c1=O. The Morgan fingerprint density at radius 3 is 2.67 bits per heavy atom. The quantitative estimate of drug-likeness (QED) is 0.870. The van der Waals surface area contributed by atoms with Crippen molar-refractivity contribution < 1.29 is 9.84 Å². The molecule has 0 atom stereocenters. The molecule has 2 aromatic rings. The summed E-state index contributed by atoms with van der Waals surface area (Å²) < 4.78 is 5.45. The molecular weight excluding hydrogens is 230 g/mol. The second-order valence-corrected chi connectivity index (χ2v) is 3.92. The van der Waals surface area contributed by atoms with Gasteiger partial charge in [-0.05, 0) is 6.42 Å². The fourth-order valence-corrected chi connectivity index (χ4v) is 1.66. The average molecular weight is 245 g/mol. The van der Waals surface area contributed by atoms with Crippen molar-refractivity contribution in [3.63, 3.8) is 0 Å². The summed E-state index contributed by atoms with van der Waals surface area (Å²) in [6.45, 7) is 2.39. The van der Waals surface area contributed by atoms with E-state index in [4.69, 9.17) is 4.74 Å². The summed E-state index contributed by atoms with van der Waals surface area (Å²) in [7, 11) is 0. The van der Waals surface area contributed by atoms with E-state index in [0.29, 0.717) is 12.3 Å². The Balaban J connectivity index is 2.53. The van der Waals surface area contributed by atoms with Crippen LogP contribution in [-0.4, -0.2) is 16.7 Å². The predicted octanol–water partition coefficient (Wildman–Crippen LogP) is 2.54. The monoisotopic (exact) mass is 245 g/mol. The van der Waals surface area contributed by atoms with E-state index in [1.165, 1.54) is 6.20 Å². The lowest BCUT2D eigenvalue weighted by molar-refractivity contribution is 0.312. The zero-order valence-electron chi connectivity index (χ0n) is 10.1. The third-order valence-corrected chi connectivity index (χ3v) is 2.53. The van der Waals surface area contributed by atoms with Crippen LogP contribution in [0.5, 0.6) is 11.5 Å². The smallest absolute Gasteiger partial charge is 0.265 e. The number of rotatable bonds is 4. The highest BCUT2D eigenvalue weighted by molar-refractivity contribution is 5.66. The largest absolute Gasteiger partial charge is 0.503 e. The fourth-order valence-electron chi connectivity index (χ4n) is 1.66. The first-order valence-electron chi connectivity index (χ1n) is 5.87. The van der Waals surface area contributed by atoms with Crippen molar-refractivity contribution in [2.24, 2.45) is 0 Å². The topological polar surface area (TPSA) is 62.3 Å². The lowest BCUT2D eigenvalue weighted by Gasteiger charge is -2.10. The first-order chi connectivity index (χ1) is 8.74. The predicted molar refractivity (Wildman–Crippen MR) is 69.9 cm³/mol. The van der Waals surface area contributed by atoms with Crippen molar-refractivity contribution in [1.82, 2.24) is 4.98 Å². The molecule has 0 saturated carbocycles. The molecular formula is C14H15NO3. The fraction of sp³-hybridized carbons (Fsp3) is 0.214. The van der Waals surface area contributed by atoms with Gasteiger partial charge in [-0.2, -0.15) is 0 Å². The van der Waals surface area contributed by atoms with E-state index >= 15 is 0 Å². The Hall–Kier alpha value is -2.23. The van der Waals surface area contributed by atoms with Gasteiger partial charge in [-0.3, -0.25) is 4.79 Å². The standard InChI is InChI=1S/C14H15NO3/c1-2-8-18-14-12(10-6-4-3-5-7-10)15-9-11(16)13(14)17/h3-7,9,16H,2,8H2,1H3,(H,15,17). The van der Waals surface area contributed by atoms with Crippen molar-refractivity contribution >= 4 is 0 Å². The summed E-state index contributed by atoms with van der Waals surface area (Å²) in [6.07, 6.45) is 2.08. The molecule has 0 radical (unpaired) electrons. The third kappa shape index (κ3) is 2.37. The van der Waals surface area contributed by atoms with Gasteiger partial charge in [-0.1, -0.05) is 37.3 Å². The molecule has 0 amide bonds. The van der Waals surface area contributed by atoms with E-state index in [1.807, 2.05) is 37.3 Å². The van der Waals surface area contributed by atoms with Crippen LogP contribution in [0.3, 0.4) is 0 Å². The van der Waals surface area contributed by atoms with Gasteiger partial charge in [0.25, 0.3) is 5.43 Å². The highest BCUT2D eigenvalue weighted by Crippen LogP contribution is 2.26. The van der Waals surface area contributed by atoms with Crippen molar-refractivity contribution in [2.45, 2.75) is 13.3 Å². The number of aromatic amines is 1. The van der Waals surface area contributed by atoms with Crippen LogP contribution in [0.1, 0.15) is 13.3 Å². The van der Waals surface area contributed by atoms with E-state index < -0.39 is 5.43 Å². The molecule has 4 nitrogen and oxygen atoms in total. The van der Waals surface area contributed by atoms with Crippen LogP contribution in [0.25, 0.3) is 11.3 Å². The number of aromatic hydroxyl groups is 1. The second kappa shape index (κ2) is 5.40. The van der Waals surface area contributed by atoms with E-state index in [-0.39, 0.29) is 11.5 Å². The zero-order chi connectivity index (χ0) is 13.0. The van der Waals surface area contributed by atoms with Gasteiger partial charge in [0.05, 0.1) is 12.3 Å². The minimum atomic E-state index is -0.485. The van der Waals surface area contributed by atoms with Gasteiger partial charge in [0, 0.05) is 11.8 Å². The van der Waals surface area contributed by atoms with Gasteiger partial charge >= 0.3 is 0 Å². The van der Waals surface area contributed by atoms with E-state index in [9.17, 15) is 9.90 Å². The number of hydrogen-bond acceptors (Lipinski definition) is 3. The summed E-state index contributed by atoms with van der Waals surface area (Å²) in [5.74, 6) is -0.163. The van der Waals surface area contributed by atoms with Gasteiger partial charge in [0.15, 0.2) is 11.5 Å². The molecule has 18 heavy (non-hydrogen) atoms. The van der Waals surface area contributed by atoms with E-state index in [0.717, 1.165) is 12.0 Å². The van der Waals surface area contributed by atoms with Crippen molar-refractivity contribution in [3.05, 3.63) is 46.8 Å². The molecule has 2 rings (SSSR count). The van der Waals surface area contributed by atoms with Gasteiger partial charge in [0.2, 0.25) is 0 Å². The number of benzene rings is 1. The molecule has 2 N–H and O–H groups in total. The molecule has 0 unspecified atom stereocenters. The van der Waals surface area contributed by atoms with Gasteiger partial charge in [-0.25, -0.2) is 0 Å². The van der Waals surface area contributed by atoms with Crippen molar-refractivity contribution in [3.8, 4) is 22.8 Å². The number of nitrogens with one attached hydrogen (secondary N) is 1. The maximum Gasteiger partial charge on any atom is 0.265 e. The minimum absolute atomic E-state index is 0.169. The van der Waals surface area contributed by atoms with Crippen LogP contribution < -0.4 is 10.2 Å². The number of pyridine rings is 1. The number of hydrogen-bond donors (Lipinski definition) is 2. The molecule has 0 aliphatic carbocycles. The summed E-state index contributed by atoms with van der Waals surface area (Å²) in [4.78, 5) is 14.8. The Morgan fingerprint density at radius 2 is 2.00 bits per heavy atom. The van der Waals surface area contributed by atoms with Crippen LogP contribution in [0.4, 0.5) is 0 Å². The second-order valence-electron chi connectivity index (χ2n) is 3.92. The highest BCUT2D eigenvalue weighted by atomic mass is 16.5. The molecule has 0 spiro atoms. The van der Waals surface area contributed by atoms with Crippen molar-refractivity contribution in [2.75, 3.05) is 6.61 Å². The zero-order valence-corrected chi connectivity index (χ0v) is 10.1. The molecule has 1 aromatic carbocycles. The molecule has 0 bridgehead atoms. The van der Waals surface area contributed by atoms with Crippen LogP contribution in [0.15, 0.2) is 41.3 Å². The number of H-pyrrole nitrogens is 1. The van der Waals surface area contributed by atoms with Crippen LogP contribution in [0.2, 0.25) is 0 Å². The maximum absolute atomic E-state index is 11.9. The normalized spacial score (nSPS) is 10.3. The molecule has 0 fully saturated rings. The Bertz CT molecular complexity index is 575. The Kier molecular flexibility index (Phi) is 3.67. The first kappa shape index (κ1) is 12.2. The number of ether oxygens (including phenoxy) is 1. The van der Waals surface area contributed by atoms with Gasteiger partial charge < -0.3 is 14.8 Å². The molecule has 0 aliphatic rings. The van der Waals surface area contributed by atoms with Crippen molar-refractivity contribution in [1.29, 1.82) is 0 Å². The summed E-state index contributed by atoms with van der Waals surface area (Å²) in [5, 5.41) is 9.45. The summed E-state index contributed by atoms with van der Waals surface area (Å²) >= 11 is 0. The molecule has 1 aromatic heterocycles. The van der Waals surface area contributed by atoms with E-state index in [1.54, 1.807) is 0 Å². The van der Waals surface area contributed by atoms with Crippen LogP contribution in [-0.2, 0) is 0 Å². The third-order valence-electron chi connectivity index (χ3n) is 2.53. The molecule has 1 heterocycles. The summed E-state index contributed by atoms with van der Waals surface area (Å²) in [5.41, 5.74) is 0.952. The molecule has 94 valence electrons. The minimum Gasteiger partial charge on any atom is -0.503 e. The maximum atomic E-state index is 11.9. The molecule has 4 heteroatoms. The van der Waals surface area contributed by atoms with Gasteiger partial charge in [0.1, 0.15) is 0 Å². The molecule has 0 aliphatic heterocycles. The van der Waals surface area contributed by atoms with Crippen LogP contribution >= 0.6 is 0 Å². The lowest BCUT2D eigenvalue weighted by Crippen LogP contribution is -2.11. The van der Waals surface area contributed by atoms with Gasteiger partial charge in [-0.15, -0.1) is 0 Å². The number of aromatic nitrogens is 1.